The maximum Gasteiger partial charge on any atom is 0.236 e. The number of carbonyl (C=O) groups excluding carboxylic acids is 1. The number of nitrogens with two attached hydrogens (primary N) is 1. The van der Waals surface area contributed by atoms with Crippen LogP contribution in [0, 0.1) is 0 Å². The third kappa shape index (κ3) is 6.86. The van der Waals surface area contributed by atoms with Gasteiger partial charge in [-0.15, -0.1) is 0 Å². The Morgan fingerprint density at radius 3 is 2.79 bits per heavy atom. The number of rotatable bonds is 8. The van der Waals surface area contributed by atoms with Gasteiger partial charge in [-0.05, 0) is 19.3 Å². The van der Waals surface area contributed by atoms with Gasteiger partial charge >= 0.3 is 0 Å². The zero-order valence-corrected chi connectivity index (χ0v) is 9.21. The Kier molecular flexibility index (Phi) is 8.57. The molecule has 0 aromatic carbocycles. The molecular formula is C10H22N2O2. The van der Waals surface area contributed by atoms with E-state index in [1.165, 1.54) is 0 Å². The van der Waals surface area contributed by atoms with Gasteiger partial charge in [0.25, 0.3) is 0 Å². The fourth-order valence-electron chi connectivity index (χ4n) is 1.16. The van der Waals surface area contributed by atoms with Crippen molar-refractivity contribution in [1.29, 1.82) is 0 Å². The van der Waals surface area contributed by atoms with E-state index in [4.69, 9.17) is 10.5 Å². The molecule has 0 fully saturated rings. The van der Waals surface area contributed by atoms with Gasteiger partial charge in [0.2, 0.25) is 5.91 Å². The summed E-state index contributed by atoms with van der Waals surface area (Å²) in [5.74, 6) is -0.0377. The van der Waals surface area contributed by atoms with E-state index >= 15 is 0 Å². The van der Waals surface area contributed by atoms with Gasteiger partial charge in [0, 0.05) is 20.3 Å². The van der Waals surface area contributed by atoms with E-state index < -0.39 is 0 Å². The number of nitrogens with one attached hydrogen (secondary N) is 1. The number of unbranched alkanes of at least 4 members (excludes halogenated alkanes) is 1. The summed E-state index contributed by atoms with van der Waals surface area (Å²) in [5.41, 5.74) is 5.63. The van der Waals surface area contributed by atoms with Crippen LogP contribution in [0.5, 0.6) is 0 Å². The van der Waals surface area contributed by atoms with Crippen molar-refractivity contribution in [3.63, 3.8) is 0 Å². The van der Waals surface area contributed by atoms with Crippen molar-refractivity contribution in [3.05, 3.63) is 0 Å². The highest BCUT2D eigenvalue weighted by molar-refractivity contribution is 5.81. The highest BCUT2D eigenvalue weighted by Gasteiger charge is 2.10. The second-order valence-corrected chi connectivity index (χ2v) is 3.39. The summed E-state index contributed by atoms with van der Waals surface area (Å²) in [4.78, 5) is 11.3. The van der Waals surface area contributed by atoms with E-state index in [9.17, 15) is 4.79 Å². The molecule has 14 heavy (non-hydrogen) atoms. The number of ether oxygens (including phenoxy) is 1. The summed E-state index contributed by atoms with van der Waals surface area (Å²) < 4.78 is 4.90. The molecule has 0 saturated carbocycles. The Balaban J connectivity index is 3.34. The minimum Gasteiger partial charge on any atom is -0.385 e. The molecule has 0 bridgehead atoms. The maximum atomic E-state index is 11.3. The molecule has 0 aromatic heterocycles. The van der Waals surface area contributed by atoms with E-state index in [0.29, 0.717) is 6.54 Å². The fraction of sp³-hybridized carbons (Fsp3) is 0.900. The molecule has 4 heteroatoms. The first kappa shape index (κ1) is 13.4. The minimum absolute atomic E-state index is 0.0377. The summed E-state index contributed by atoms with van der Waals surface area (Å²) in [6.45, 7) is 3.46. The summed E-state index contributed by atoms with van der Waals surface area (Å²) in [7, 11) is 1.68. The molecule has 4 nitrogen and oxygen atoms in total. The predicted octanol–water partition coefficient (Wildman–Crippen LogP) is 0.657. The first-order valence-electron chi connectivity index (χ1n) is 5.24. The van der Waals surface area contributed by atoms with Crippen molar-refractivity contribution in [1.82, 2.24) is 5.32 Å². The van der Waals surface area contributed by atoms with E-state index in [2.05, 4.69) is 5.32 Å². The molecule has 1 unspecified atom stereocenters. The normalized spacial score (nSPS) is 12.5. The van der Waals surface area contributed by atoms with Crippen LogP contribution >= 0.6 is 0 Å². The number of methoxy groups -OCH3 is 1. The smallest absolute Gasteiger partial charge is 0.236 e. The Morgan fingerprint density at radius 2 is 2.21 bits per heavy atom. The van der Waals surface area contributed by atoms with E-state index in [0.717, 1.165) is 32.3 Å². The van der Waals surface area contributed by atoms with Crippen molar-refractivity contribution in [2.45, 2.75) is 38.6 Å². The van der Waals surface area contributed by atoms with Crippen LogP contribution < -0.4 is 11.1 Å². The van der Waals surface area contributed by atoms with Crippen molar-refractivity contribution >= 4 is 5.91 Å². The Morgan fingerprint density at radius 1 is 1.50 bits per heavy atom. The molecule has 0 aromatic rings. The van der Waals surface area contributed by atoms with Gasteiger partial charge < -0.3 is 15.8 Å². The van der Waals surface area contributed by atoms with Crippen LogP contribution in [-0.2, 0) is 9.53 Å². The lowest BCUT2D eigenvalue weighted by molar-refractivity contribution is -0.122. The maximum absolute atomic E-state index is 11.3. The average Bonchev–Trinajstić information content (AvgIpc) is 2.17. The van der Waals surface area contributed by atoms with Crippen LogP contribution in [0.3, 0.4) is 0 Å². The van der Waals surface area contributed by atoms with Crippen molar-refractivity contribution in [3.8, 4) is 0 Å². The quantitative estimate of drug-likeness (QED) is 0.568. The standard InChI is InChI=1S/C10H22N2O2/c1-3-6-9(11)10(13)12-7-4-5-8-14-2/h9H,3-8,11H2,1-2H3,(H,12,13). The summed E-state index contributed by atoms with van der Waals surface area (Å²) in [6.07, 6.45) is 3.61. The summed E-state index contributed by atoms with van der Waals surface area (Å²) in [6, 6.07) is -0.345. The number of carbonyl (C=O) groups is 1. The molecule has 0 saturated heterocycles. The minimum atomic E-state index is -0.345. The molecule has 0 aliphatic heterocycles. The van der Waals surface area contributed by atoms with E-state index in [1.807, 2.05) is 6.92 Å². The topological polar surface area (TPSA) is 64.4 Å². The molecule has 1 amide bonds. The largest absolute Gasteiger partial charge is 0.385 e. The molecule has 0 spiro atoms. The van der Waals surface area contributed by atoms with Crippen molar-refractivity contribution in [2.75, 3.05) is 20.3 Å². The van der Waals surface area contributed by atoms with Gasteiger partial charge in [0.15, 0.2) is 0 Å². The monoisotopic (exact) mass is 202 g/mol. The van der Waals surface area contributed by atoms with E-state index in [-0.39, 0.29) is 11.9 Å². The molecule has 0 aliphatic rings. The van der Waals surface area contributed by atoms with Gasteiger partial charge in [0.1, 0.15) is 0 Å². The van der Waals surface area contributed by atoms with Crippen LogP contribution in [0.4, 0.5) is 0 Å². The number of hydrogen-bond donors (Lipinski definition) is 2. The summed E-state index contributed by atoms with van der Waals surface area (Å²) >= 11 is 0. The molecule has 0 radical (unpaired) electrons. The van der Waals surface area contributed by atoms with Gasteiger partial charge in [0.05, 0.1) is 6.04 Å². The third-order valence-electron chi connectivity index (χ3n) is 2.01. The first-order chi connectivity index (χ1) is 6.72. The van der Waals surface area contributed by atoms with Gasteiger partial charge in [-0.2, -0.15) is 0 Å². The summed E-state index contributed by atoms with van der Waals surface area (Å²) in [5, 5.41) is 2.81. The Hall–Kier alpha value is -0.610. The van der Waals surface area contributed by atoms with Gasteiger partial charge in [-0.3, -0.25) is 4.79 Å². The Bertz CT molecular complexity index is 151. The second kappa shape index (κ2) is 8.97. The Labute approximate surface area is 86.2 Å². The van der Waals surface area contributed by atoms with Crippen molar-refractivity contribution in [2.24, 2.45) is 5.73 Å². The first-order valence-corrected chi connectivity index (χ1v) is 5.24. The second-order valence-electron chi connectivity index (χ2n) is 3.39. The van der Waals surface area contributed by atoms with Crippen LogP contribution in [0.15, 0.2) is 0 Å². The fourth-order valence-corrected chi connectivity index (χ4v) is 1.16. The highest BCUT2D eigenvalue weighted by atomic mass is 16.5. The van der Waals surface area contributed by atoms with Gasteiger partial charge in [-0.1, -0.05) is 13.3 Å². The average molecular weight is 202 g/mol. The molecule has 0 rings (SSSR count). The molecule has 0 aliphatic carbocycles. The zero-order valence-electron chi connectivity index (χ0n) is 9.21. The molecular weight excluding hydrogens is 180 g/mol. The zero-order chi connectivity index (χ0) is 10.8. The molecule has 0 heterocycles. The van der Waals surface area contributed by atoms with Crippen LogP contribution in [0.25, 0.3) is 0 Å². The molecule has 3 N–H and O–H groups in total. The lowest BCUT2D eigenvalue weighted by Crippen LogP contribution is -2.40. The number of amides is 1. The molecule has 1 atom stereocenters. The van der Waals surface area contributed by atoms with Gasteiger partial charge in [-0.25, -0.2) is 0 Å². The van der Waals surface area contributed by atoms with Crippen molar-refractivity contribution < 1.29 is 9.53 Å². The third-order valence-corrected chi connectivity index (χ3v) is 2.01. The lowest BCUT2D eigenvalue weighted by Gasteiger charge is -2.10. The van der Waals surface area contributed by atoms with Crippen LogP contribution in [0.1, 0.15) is 32.6 Å². The molecule has 84 valence electrons. The van der Waals surface area contributed by atoms with Crippen LogP contribution in [0.2, 0.25) is 0 Å². The van der Waals surface area contributed by atoms with E-state index in [1.54, 1.807) is 7.11 Å². The highest BCUT2D eigenvalue weighted by Crippen LogP contribution is 1.93. The SMILES string of the molecule is CCCC(N)C(=O)NCCCCOC. The van der Waals surface area contributed by atoms with Crippen LogP contribution in [-0.4, -0.2) is 32.2 Å². The number of hydrogen-bond acceptors (Lipinski definition) is 3. The lowest BCUT2D eigenvalue weighted by atomic mass is 10.1. The predicted molar refractivity (Wildman–Crippen MR) is 57.0 cm³/mol.